The van der Waals surface area contributed by atoms with E-state index in [9.17, 15) is 0 Å². The fourth-order valence-electron chi connectivity index (χ4n) is 2.01. The van der Waals surface area contributed by atoms with Crippen molar-refractivity contribution < 1.29 is 0 Å². The van der Waals surface area contributed by atoms with Crippen molar-refractivity contribution in [2.24, 2.45) is 0 Å². The fourth-order valence-corrected chi connectivity index (χ4v) is 2.01. The van der Waals surface area contributed by atoms with E-state index in [1.165, 1.54) is 44.6 Å². The van der Waals surface area contributed by atoms with Gasteiger partial charge in [-0.3, -0.25) is 0 Å². The molecule has 0 N–H and O–H groups in total. The first kappa shape index (κ1) is 18.0. The molecule has 19 heavy (non-hydrogen) atoms. The number of benzene rings is 1. The number of nitrogens with zero attached hydrogens (tertiary/aromatic N) is 2. The van der Waals surface area contributed by atoms with Gasteiger partial charge in [0, 0.05) is 19.8 Å². The summed E-state index contributed by atoms with van der Waals surface area (Å²) in [5.41, 5.74) is 1.25. The summed E-state index contributed by atoms with van der Waals surface area (Å²) in [6.07, 6.45) is 3.88. The van der Waals surface area contributed by atoms with Crippen LogP contribution in [0.1, 0.15) is 40.0 Å². The first-order valence-corrected chi connectivity index (χ1v) is 7.60. The highest BCUT2D eigenvalue weighted by Gasteiger charge is 1.98. The lowest BCUT2D eigenvalue weighted by atomic mass is 10.3. The van der Waals surface area contributed by atoms with Crippen LogP contribution in [0.25, 0.3) is 0 Å². The van der Waals surface area contributed by atoms with Crippen LogP contribution in [0.2, 0.25) is 0 Å². The van der Waals surface area contributed by atoms with Crippen LogP contribution in [0.5, 0.6) is 0 Å². The van der Waals surface area contributed by atoms with Crippen LogP contribution in [-0.2, 0) is 0 Å². The molecule has 0 fully saturated rings. The second-order valence-corrected chi connectivity index (χ2v) is 5.07. The summed E-state index contributed by atoms with van der Waals surface area (Å²) in [5, 5.41) is 0. The number of para-hydroxylation sites is 1. The van der Waals surface area contributed by atoms with Crippen molar-refractivity contribution in [1.82, 2.24) is 4.90 Å². The molecular weight excluding hydrogens is 232 g/mol. The summed E-state index contributed by atoms with van der Waals surface area (Å²) in [6, 6.07) is 10.3. The molecule has 0 bridgehead atoms. The third-order valence-corrected chi connectivity index (χ3v) is 2.89. The van der Waals surface area contributed by atoms with Gasteiger partial charge in [-0.15, -0.1) is 0 Å². The van der Waals surface area contributed by atoms with E-state index in [-0.39, 0.29) is 0 Å². The Labute approximate surface area is 120 Å². The topological polar surface area (TPSA) is 6.48 Å². The molecule has 0 aliphatic heterocycles. The number of rotatable bonds is 7. The maximum absolute atomic E-state index is 2.54. The van der Waals surface area contributed by atoms with Gasteiger partial charge >= 0.3 is 0 Å². The van der Waals surface area contributed by atoms with Crippen molar-refractivity contribution in [3.8, 4) is 0 Å². The van der Waals surface area contributed by atoms with E-state index < -0.39 is 0 Å². The van der Waals surface area contributed by atoms with Crippen molar-refractivity contribution in [3.05, 3.63) is 30.3 Å². The maximum atomic E-state index is 2.54. The van der Waals surface area contributed by atoms with Crippen molar-refractivity contribution in [1.29, 1.82) is 0 Å². The van der Waals surface area contributed by atoms with E-state index in [1.54, 1.807) is 0 Å². The molecule has 0 radical (unpaired) electrons. The molecule has 0 unspecified atom stereocenters. The molecule has 0 aliphatic rings. The van der Waals surface area contributed by atoms with E-state index in [2.05, 4.69) is 42.7 Å². The Morgan fingerprint density at radius 2 is 1.16 bits per heavy atom. The van der Waals surface area contributed by atoms with Gasteiger partial charge in [-0.05, 0) is 51.0 Å². The first-order valence-electron chi connectivity index (χ1n) is 7.60. The average molecular weight is 264 g/mol. The minimum atomic E-state index is 1.25. The smallest absolute Gasteiger partial charge is 0.0360 e. The molecule has 2 heteroatoms. The van der Waals surface area contributed by atoms with Crippen LogP contribution in [0.3, 0.4) is 0 Å². The Balaban J connectivity index is 0.000000342. The van der Waals surface area contributed by atoms with Crippen LogP contribution in [0.15, 0.2) is 30.3 Å². The number of hydrogen-bond donors (Lipinski definition) is 0. The lowest BCUT2D eigenvalue weighted by Crippen LogP contribution is -2.25. The molecule has 2 nitrogen and oxygen atoms in total. The largest absolute Gasteiger partial charge is 0.378 e. The quantitative estimate of drug-likeness (QED) is 0.725. The van der Waals surface area contributed by atoms with Crippen LogP contribution >= 0.6 is 0 Å². The van der Waals surface area contributed by atoms with Crippen LogP contribution in [-0.4, -0.2) is 38.6 Å². The minimum absolute atomic E-state index is 1.25. The molecule has 0 spiro atoms. The summed E-state index contributed by atoms with van der Waals surface area (Å²) in [4.78, 5) is 4.62. The van der Waals surface area contributed by atoms with Gasteiger partial charge in [0.1, 0.15) is 0 Å². The summed E-state index contributed by atoms with van der Waals surface area (Å²) in [6.45, 7) is 10.6. The van der Waals surface area contributed by atoms with Gasteiger partial charge in [0.2, 0.25) is 0 Å². The highest BCUT2D eigenvalue weighted by Crippen LogP contribution is 2.07. The summed E-state index contributed by atoms with van der Waals surface area (Å²) < 4.78 is 0. The molecular formula is C17H32N2. The predicted molar refractivity (Wildman–Crippen MR) is 88.1 cm³/mol. The second-order valence-electron chi connectivity index (χ2n) is 5.07. The van der Waals surface area contributed by atoms with E-state index >= 15 is 0 Å². The van der Waals surface area contributed by atoms with Crippen LogP contribution in [0, 0.1) is 0 Å². The molecule has 0 saturated carbocycles. The van der Waals surface area contributed by atoms with E-state index in [0.717, 1.165) is 0 Å². The normalized spacial score (nSPS) is 10.0. The van der Waals surface area contributed by atoms with Gasteiger partial charge in [-0.2, -0.15) is 0 Å². The molecule has 1 aromatic carbocycles. The lowest BCUT2D eigenvalue weighted by Gasteiger charge is -2.19. The highest BCUT2D eigenvalue weighted by atomic mass is 15.1. The Kier molecular flexibility index (Phi) is 11.4. The Hall–Kier alpha value is -1.02. The van der Waals surface area contributed by atoms with E-state index in [0.29, 0.717) is 0 Å². The highest BCUT2D eigenvalue weighted by molar-refractivity contribution is 5.43. The monoisotopic (exact) mass is 264 g/mol. The number of anilines is 1. The van der Waals surface area contributed by atoms with Crippen molar-refractivity contribution >= 4 is 5.69 Å². The van der Waals surface area contributed by atoms with Gasteiger partial charge in [-0.1, -0.05) is 39.0 Å². The van der Waals surface area contributed by atoms with Gasteiger partial charge < -0.3 is 9.80 Å². The zero-order chi connectivity index (χ0) is 14.5. The van der Waals surface area contributed by atoms with Gasteiger partial charge in [0.25, 0.3) is 0 Å². The number of hydrogen-bond acceptors (Lipinski definition) is 2. The summed E-state index contributed by atoms with van der Waals surface area (Å²) >= 11 is 0. The molecule has 0 aliphatic carbocycles. The molecule has 110 valence electrons. The molecule has 0 aromatic heterocycles. The summed E-state index contributed by atoms with van der Waals surface area (Å²) in [7, 11) is 4.07. The van der Waals surface area contributed by atoms with Gasteiger partial charge in [0.05, 0.1) is 0 Å². The zero-order valence-corrected chi connectivity index (χ0v) is 13.5. The third-order valence-electron chi connectivity index (χ3n) is 2.89. The standard InChI is InChI=1S/C9H21N.C8H11N/c1-4-7-10(8-5-2)9-6-3;1-9(2)8-6-4-3-5-7-8/h4-9H2,1-3H3;3-7H,1-2H3. The Morgan fingerprint density at radius 3 is 1.42 bits per heavy atom. The molecule has 1 rings (SSSR count). The maximum Gasteiger partial charge on any atom is 0.0360 e. The fraction of sp³-hybridized carbons (Fsp3) is 0.647. The summed E-state index contributed by atoms with van der Waals surface area (Å²) in [5.74, 6) is 0. The minimum Gasteiger partial charge on any atom is -0.378 e. The van der Waals surface area contributed by atoms with Crippen LogP contribution in [0.4, 0.5) is 5.69 Å². The third kappa shape index (κ3) is 9.54. The predicted octanol–water partition coefficient (Wildman–Crippen LogP) is 4.27. The molecule has 0 saturated heterocycles. The van der Waals surface area contributed by atoms with Crippen molar-refractivity contribution in [3.63, 3.8) is 0 Å². The Morgan fingerprint density at radius 1 is 0.737 bits per heavy atom. The van der Waals surface area contributed by atoms with E-state index in [1.807, 2.05) is 32.3 Å². The molecule has 0 amide bonds. The lowest BCUT2D eigenvalue weighted by molar-refractivity contribution is 0.275. The molecule has 0 atom stereocenters. The van der Waals surface area contributed by atoms with Crippen molar-refractivity contribution in [2.45, 2.75) is 40.0 Å². The van der Waals surface area contributed by atoms with Gasteiger partial charge in [-0.25, -0.2) is 0 Å². The zero-order valence-electron chi connectivity index (χ0n) is 13.5. The average Bonchev–Trinajstić information content (AvgIpc) is 2.41. The molecule has 1 aromatic rings. The SMILES string of the molecule is CCCN(CCC)CCC.CN(C)c1ccccc1. The van der Waals surface area contributed by atoms with Crippen molar-refractivity contribution in [2.75, 3.05) is 38.6 Å². The first-order chi connectivity index (χ1) is 9.15. The Bertz CT molecular complexity index is 268. The molecule has 0 heterocycles. The second kappa shape index (κ2) is 12.0. The van der Waals surface area contributed by atoms with Crippen LogP contribution < -0.4 is 4.90 Å². The van der Waals surface area contributed by atoms with Gasteiger partial charge in [0.15, 0.2) is 0 Å². The van der Waals surface area contributed by atoms with E-state index in [4.69, 9.17) is 0 Å².